The molecule has 0 saturated carbocycles. The number of aromatic amines is 1. The summed E-state index contributed by atoms with van der Waals surface area (Å²) in [4.78, 5) is 11.3. The zero-order chi connectivity index (χ0) is 13.9. The summed E-state index contributed by atoms with van der Waals surface area (Å²) in [5, 5.41) is 6.97. The number of nitrogens with one attached hydrogen (secondary N) is 1. The minimum atomic E-state index is -0.0507. The second-order valence-electron chi connectivity index (χ2n) is 5.19. The Kier molecular flexibility index (Phi) is 3.75. The van der Waals surface area contributed by atoms with Crippen LogP contribution in [0.4, 0.5) is 0 Å². The number of rotatable bonds is 3. The van der Waals surface area contributed by atoms with Crippen LogP contribution in [0.3, 0.4) is 0 Å². The summed E-state index contributed by atoms with van der Waals surface area (Å²) in [5.41, 5.74) is 3.09. The summed E-state index contributed by atoms with van der Waals surface area (Å²) in [7, 11) is 0. The largest absolute Gasteiger partial charge is 0.368 e. The Labute approximate surface area is 118 Å². The van der Waals surface area contributed by atoms with Crippen LogP contribution in [-0.4, -0.2) is 44.8 Å². The Morgan fingerprint density at radius 1 is 1.35 bits per heavy atom. The van der Waals surface area contributed by atoms with Gasteiger partial charge in [-0.15, -0.1) is 0 Å². The number of H-pyrrole nitrogens is 1. The topological polar surface area (TPSA) is 66.9 Å². The lowest BCUT2D eigenvalue weighted by Crippen LogP contribution is -2.38. The summed E-state index contributed by atoms with van der Waals surface area (Å²) in [6.45, 7) is 7.26. The lowest BCUT2D eigenvalue weighted by Gasteiger charge is -2.31. The van der Waals surface area contributed by atoms with Crippen molar-refractivity contribution in [1.29, 1.82) is 0 Å². The Balaban J connectivity index is 1.71. The molecule has 0 bridgehead atoms. The van der Waals surface area contributed by atoms with E-state index in [2.05, 4.69) is 25.1 Å². The van der Waals surface area contributed by atoms with Gasteiger partial charge in [0.15, 0.2) is 5.82 Å². The van der Waals surface area contributed by atoms with Crippen molar-refractivity contribution < 1.29 is 4.74 Å². The third kappa shape index (κ3) is 3.02. The van der Waals surface area contributed by atoms with Gasteiger partial charge in [0, 0.05) is 42.9 Å². The molecule has 0 aliphatic carbocycles. The van der Waals surface area contributed by atoms with E-state index in [4.69, 9.17) is 4.74 Å². The van der Waals surface area contributed by atoms with Crippen molar-refractivity contribution in [3.63, 3.8) is 0 Å². The number of hydrogen-bond donors (Lipinski definition) is 1. The number of nitrogens with zero attached hydrogens (tertiary/aromatic N) is 4. The lowest BCUT2D eigenvalue weighted by atomic mass is 10.2. The highest BCUT2D eigenvalue weighted by Gasteiger charge is 2.24. The number of morpholine rings is 1. The molecule has 0 radical (unpaired) electrons. The van der Waals surface area contributed by atoms with Gasteiger partial charge in [-0.25, -0.2) is 9.97 Å². The van der Waals surface area contributed by atoms with Crippen LogP contribution in [0.1, 0.15) is 29.0 Å². The molecule has 2 aromatic heterocycles. The number of aryl methyl sites for hydroxylation is 2. The van der Waals surface area contributed by atoms with Crippen LogP contribution in [-0.2, 0) is 11.3 Å². The van der Waals surface area contributed by atoms with Gasteiger partial charge in [-0.3, -0.25) is 10.00 Å². The molecule has 1 fully saturated rings. The van der Waals surface area contributed by atoms with Crippen molar-refractivity contribution in [3.8, 4) is 0 Å². The van der Waals surface area contributed by atoms with Crippen LogP contribution in [0, 0.1) is 13.8 Å². The molecule has 1 atom stereocenters. The van der Waals surface area contributed by atoms with E-state index >= 15 is 0 Å². The molecular formula is C14H19N5O. The Bertz CT molecular complexity index is 549. The maximum absolute atomic E-state index is 5.83. The van der Waals surface area contributed by atoms with E-state index in [0.29, 0.717) is 6.61 Å². The molecule has 0 aromatic carbocycles. The number of aromatic nitrogens is 4. The molecule has 1 saturated heterocycles. The average Bonchev–Trinajstić information content (AvgIpc) is 2.91. The highest BCUT2D eigenvalue weighted by atomic mass is 16.5. The second kappa shape index (κ2) is 5.68. The Hall–Kier alpha value is -1.79. The van der Waals surface area contributed by atoms with Gasteiger partial charge in [0.1, 0.15) is 6.10 Å². The molecule has 6 heteroatoms. The van der Waals surface area contributed by atoms with Gasteiger partial charge in [0.2, 0.25) is 0 Å². The van der Waals surface area contributed by atoms with E-state index < -0.39 is 0 Å². The first-order valence-electron chi connectivity index (χ1n) is 6.85. The minimum Gasteiger partial charge on any atom is -0.368 e. The van der Waals surface area contributed by atoms with Crippen LogP contribution in [0.2, 0.25) is 0 Å². The number of hydrogen-bond acceptors (Lipinski definition) is 5. The summed E-state index contributed by atoms with van der Waals surface area (Å²) in [6, 6.07) is 3.98. The summed E-state index contributed by atoms with van der Waals surface area (Å²) < 4.78 is 5.83. The summed E-state index contributed by atoms with van der Waals surface area (Å²) in [5.74, 6) is 0.789. The van der Waals surface area contributed by atoms with Gasteiger partial charge in [0.05, 0.1) is 6.61 Å². The van der Waals surface area contributed by atoms with Gasteiger partial charge in [-0.2, -0.15) is 5.10 Å². The molecule has 0 amide bonds. The van der Waals surface area contributed by atoms with Crippen molar-refractivity contribution in [3.05, 3.63) is 41.2 Å². The fourth-order valence-corrected chi connectivity index (χ4v) is 2.51. The molecule has 1 aliphatic rings. The van der Waals surface area contributed by atoms with Gasteiger partial charge < -0.3 is 4.74 Å². The van der Waals surface area contributed by atoms with Gasteiger partial charge in [0.25, 0.3) is 0 Å². The van der Waals surface area contributed by atoms with E-state index in [1.807, 2.05) is 26.0 Å². The number of ether oxygens (including phenoxy) is 1. The lowest BCUT2D eigenvalue weighted by molar-refractivity contribution is -0.0377. The molecule has 1 N–H and O–H groups in total. The van der Waals surface area contributed by atoms with Crippen LogP contribution in [0.15, 0.2) is 18.3 Å². The van der Waals surface area contributed by atoms with Crippen molar-refractivity contribution in [2.75, 3.05) is 19.7 Å². The molecule has 1 aliphatic heterocycles. The van der Waals surface area contributed by atoms with Crippen molar-refractivity contribution >= 4 is 0 Å². The quantitative estimate of drug-likeness (QED) is 0.915. The zero-order valence-corrected chi connectivity index (χ0v) is 11.8. The van der Waals surface area contributed by atoms with Crippen LogP contribution < -0.4 is 0 Å². The minimum absolute atomic E-state index is 0.0507. The molecule has 6 nitrogen and oxygen atoms in total. The SMILES string of the molecule is Cc1cc(C)nc(C2CN(Cc3ccn[nH]3)CCO2)n1. The van der Waals surface area contributed by atoms with E-state index in [0.717, 1.165) is 42.5 Å². The monoisotopic (exact) mass is 273 g/mol. The van der Waals surface area contributed by atoms with Gasteiger partial charge >= 0.3 is 0 Å². The Morgan fingerprint density at radius 3 is 2.85 bits per heavy atom. The Morgan fingerprint density at radius 2 is 2.15 bits per heavy atom. The highest BCUT2D eigenvalue weighted by Crippen LogP contribution is 2.20. The summed E-state index contributed by atoms with van der Waals surface area (Å²) in [6.07, 6.45) is 1.73. The predicted octanol–water partition coefficient (Wildman–Crippen LogP) is 1.39. The van der Waals surface area contributed by atoms with E-state index in [9.17, 15) is 0 Å². The van der Waals surface area contributed by atoms with Gasteiger partial charge in [-0.1, -0.05) is 0 Å². The standard InChI is InChI=1S/C14H19N5O/c1-10-7-11(2)17-14(16-10)13-9-19(5-6-20-13)8-12-3-4-15-18-12/h3-4,7,13H,5-6,8-9H2,1-2H3,(H,15,18). The van der Waals surface area contributed by atoms with Crippen molar-refractivity contribution in [2.45, 2.75) is 26.5 Å². The van der Waals surface area contributed by atoms with Crippen LogP contribution in [0.25, 0.3) is 0 Å². The van der Waals surface area contributed by atoms with Crippen molar-refractivity contribution in [2.24, 2.45) is 0 Å². The fraction of sp³-hybridized carbons (Fsp3) is 0.500. The second-order valence-corrected chi connectivity index (χ2v) is 5.19. The van der Waals surface area contributed by atoms with E-state index in [1.165, 1.54) is 0 Å². The first-order valence-corrected chi connectivity index (χ1v) is 6.85. The maximum atomic E-state index is 5.83. The molecular weight excluding hydrogens is 254 g/mol. The summed E-state index contributed by atoms with van der Waals surface area (Å²) >= 11 is 0. The fourth-order valence-electron chi connectivity index (χ4n) is 2.51. The van der Waals surface area contributed by atoms with Gasteiger partial charge in [-0.05, 0) is 26.0 Å². The zero-order valence-electron chi connectivity index (χ0n) is 11.8. The van der Waals surface area contributed by atoms with Crippen molar-refractivity contribution in [1.82, 2.24) is 25.1 Å². The third-order valence-electron chi connectivity index (χ3n) is 3.39. The van der Waals surface area contributed by atoms with E-state index in [1.54, 1.807) is 6.20 Å². The maximum Gasteiger partial charge on any atom is 0.158 e. The van der Waals surface area contributed by atoms with E-state index in [-0.39, 0.29) is 6.10 Å². The smallest absolute Gasteiger partial charge is 0.158 e. The third-order valence-corrected chi connectivity index (χ3v) is 3.39. The molecule has 1 unspecified atom stereocenters. The average molecular weight is 273 g/mol. The molecule has 2 aromatic rings. The molecule has 106 valence electrons. The molecule has 20 heavy (non-hydrogen) atoms. The highest BCUT2D eigenvalue weighted by molar-refractivity contribution is 5.10. The normalized spacial score (nSPS) is 20.2. The van der Waals surface area contributed by atoms with Crippen LogP contribution >= 0.6 is 0 Å². The predicted molar refractivity (Wildman–Crippen MR) is 74.1 cm³/mol. The first-order chi connectivity index (χ1) is 9.70. The molecule has 3 heterocycles. The molecule has 3 rings (SSSR count). The first kappa shape index (κ1) is 13.2. The van der Waals surface area contributed by atoms with Crippen LogP contribution in [0.5, 0.6) is 0 Å². The molecule has 0 spiro atoms.